The number of halogens is 1. The van der Waals surface area contributed by atoms with Crippen LogP contribution < -0.4 is 10.9 Å². The van der Waals surface area contributed by atoms with Gasteiger partial charge in [-0.05, 0) is 49.2 Å². The summed E-state index contributed by atoms with van der Waals surface area (Å²) >= 11 is 3.40. The average molecular weight is 321 g/mol. The van der Waals surface area contributed by atoms with E-state index >= 15 is 0 Å². The van der Waals surface area contributed by atoms with Gasteiger partial charge in [0.05, 0.1) is 0 Å². The third-order valence-electron chi connectivity index (χ3n) is 2.81. The van der Waals surface area contributed by atoms with Gasteiger partial charge in [-0.2, -0.15) is 0 Å². The molecule has 0 unspecified atom stereocenters. The van der Waals surface area contributed by atoms with Crippen molar-refractivity contribution in [2.45, 2.75) is 13.8 Å². The first-order valence-corrected chi connectivity index (χ1v) is 6.54. The molecule has 0 radical (unpaired) electrons. The van der Waals surface area contributed by atoms with Crippen LogP contribution in [0.25, 0.3) is 0 Å². The van der Waals surface area contributed by atoms with Crippen LogP contribution in [0.4, 0.5) is 5.69 Å². The van der Waals surface area contributed by atoms with Gasteiger partial charge < -0.3 is 10.3 Å². The van der Waals surface area contributed by atoms with Gasteiger partial charge in [0, 0.05) is 16.4 Å². The average Bonchev–Trinajstić information content (AvgIpc) is 2.33. The molecule has 98 valence electrons. The number of anilines is 1. The number of pyridine rings is 1. The van der Waals surface area contributed by atoms with Gasteiger partial charge in [0.15, 0.2) is 0 Å². The largest absolute Gasteiger partial charge is 0.328 e. The number of amides is 1. The zero-order valence-electron chi connectivity index (χ0n) is 10.6. The van der Waals surface area contributed by atoms with Crippen molar-refractivity contribution in [2.24, 2.45) is 0 Å². The monoisotopic (exact) mass is 320 g/mol. The molecule has 4 nitrogen and oxygen atoms in total. The Hall–Kier alpha value is -1.88. The number of nitrogens with one attached hydrogen (secondary N) is 2. The Bertz CT molecular complexity index is 692. The molecule has 0 saturated carbocycles. The van der Waals surface area contributed by atoms with E-state index in [4.69, 9.17) is 0 Å². The zero-order chi connectivity index (χ0) is 14.0. The number of hydrogen-bond acceptors (Lipinski definition) is 2. The fourth-order valence-corrected chi connectivity index (χ4v) is 2.02. The molecule has 0 aliphatic carbocycles. The minimum Gasteiger partial charge on any atom is -0.328 e. The highest BCUT2D eigenvalue weighted by molar-refractivity contribution is 9.10. The number of benzene rings is 1. The lowest BCUT2D eigenvalue weighted by Crippen LogP contribution is -2.24. The van der Waals surface area contributed by atoms with Gasteiger partial charge in [-0.1, -0.05) is 15.9 Å². The van der Waals surface area contributed by atoms with Crippen molar-refractivity contribution >= 4 is 27.5 Å². The van der Waals surface area contributed by atoms with E-state index in [-0.39, 0.29) is 11.1 Å². The Morgan fingerprint density at radius 2 is 1.95 bits per heavy atom. The zero-order valence-corrected chi connectivity index (χ0v) is 12.2. The number of aromatic nitrogens is 1. The van der Waals surface area contributed by atoms with Crippen LogP contribution in [0.3, 0.4) is 0 Å². The maximum atomic E-state index is 12.1. The van der Waals surface area contributed by atoms with E-state index in [2.05, 4.69) is 26.2 Å². The summed E-state index contributed by atoms with van der Waals surface area (Å²) in [5, 5.41) is 2.73. The third kappa shape index (κ3) is 2.93. The van der Waals surface area contributed by atoms with Crippen molar-refractivity contribution < 1.29 is 4.79 Å². The summed E-state index contributed by atoms with van der Waals surface area (Å²) in [4.78, 5) is 26.3. The van der Waals surface area contributed by atoms with E-state index < -0.39 is 5.91 Å². The van der Waals surface area contributed by atoms with Gasteiger partial charge in [0.1, 0.15) is 5.56 Å². The van der Waals surface area contributed by atoms with Crippen molar-refractivity contribution in [1.82, 2.24) is 4.98 Å². The van der Waals surface area contributed by atoms with E-state index in [1.807, 2.05) is 19.1 Å². The number of carbonyl (C=O) groups excluding carboxylic acids is 1. The molecule has 0 aliphatic heterocycles. The van der Waals surface area contributed by atoms with E-state index in [9.17, 15) is 9.59 Å². The standard InChI is InChI=1S/C14H13BrN2O2/c1-8-5-6-16-13(18)12(8)14(19)17-10-3-4-11(15)9(2)7-10/h3-7H,1-2H3,(H,16,18)(H,17,19). The number of aromatic amines is 1. The molecule has 19 heavy (non-hydrogen) atoms. The molecular weight excluding hydrogens is 308 g/mol. The molecule has 0 saturated heterocycles. The maximum Gasteiger partial charge on any atom is 0.261 e. The van der Waals surface area contributed by atoms with Gasteiger partial charge in [-0.25, -0.2) is 0 Å². The molecule has 2 rings (SSSR count). The quantitative estimate of drug-likeness (QED) is 0.893. The topological polar surface area (TPSA) is 62.0 Å². The molecular formula is C14H13BrN2O2. The van der Waals surface area contributed by atoms with Crippen molar-refractivity contribution in [3.05, 3.63) is 62.0 Å². The van der Waals surface area contributed by atoms with Crippen molar-refractivity contribution in [3.8, 4) is 0 Å². The van der Waals surface area contributed by atoms with Crippen LogP contribution in [-0.2, 0) is 0 Å². The van der Waals surface area contributed by atoms with Crippen LogP contribution in [0.2, 0.25) is 0 Å². The van der Waals surface area contributed by atoms with Crippen LogP contribution in [0.5, 0.6) is 0 Å². The summed E-state index contributed by atoms with van der Waals surface area (Å²) < 4.78 is 0.972. The number of hydrogen-bond donors (Lipinski definition) is 2. The highest BCUT2D eigenvalue weighted by Crippen LogP contribution is 2.20. The smallest absolute Gasteiger partial charge is 0.261 e. The summed E-state index contributed by atoms with van der Waals surface area (Å²) in [6.07, 6.45) is 1.53. The van der Waals surface area contributed by atoms with E-state index in [1.54, 1.807) is 19.1 Å². The molecule has 0 bridgehead atoms. The minimum atomic E-state index is -0.402. The van der Waals surface area contributed by atoms with Crippen molar-refractivity contribution in [2.75, 3.05) is 5.32 Å². The first-order valence-electron chi connectivity index (χ1n) is 5.75. The van der Waals surface area contributed by atoms with Crippen LogP contribution in [-0.4, -0.2) is 10.9 Å². The summed E-state index contributed by atoms with van der Waals surface area (Å²) in [6.45, 7) is 3.66. The molecule has 1 amide bonds. The van der Waals surface area contributed by atoms with Gasteiger partial charge in [0.25, 0.3) is 11.5 Å². The molecule has 0 aliphatic rings. The van der Waals surface area contributed by atoms with E-state index in [0.29, 0.717) is 11.3 Å². The number of rotatable bonds is 2. The first-order chi connectivity index (χ1) is 8.99. The minimum absolute atomic E-state index is 0.142. The van der Waals surface area contributed by atoms with Crippen LogP contribution in [0.1, 0.15) is 21.5 Å². The van der Waals surface area contributed by atoms with E-state index in [1.165, 1.54) is 6.20 Å². The molecule has 1 aromatic heterocycles. The predicted molar refractivity (Wildman–Crippen MR) is 78.6 cm³/mol. The fourth-order valence-electron chi connectivity index (χ4n) is 1.78. The molecule has 2 aromatic rings. The highest BCUT2D eigenvalue weighted by atomic mass is 79.9. The summed E-state index contributed by atoms with van der Waals surface area (Å²) in [5.41, 5.74) is 2.08. The second kappa shape index (κ2) is 5.40. The Balaban J connectivity index is 2.31. The second-order valence-corrected chi connectivity index (χ2v) is 5.14. The Labute approximate surface area is 119 Å². The highest BCUT2D eigenvalue weighted by Gasteiger charge is 2.13. The van der Waals surface area contributed by atoms with Crippen LogP contribution in [0.15, 0.2) is 39.7 Å². The molecule has 5 heteroatoms. The SMILES string of the molecule is Cc1cc(NC(=O)c2c(C)cc[nH]c2=O)ccc1Br. The van der Waals surface area contributed by atoms with Gasteiger partial charge in [-0.15, -0.1) is 0 Å². The lowest BCUT2D eigenvalue weighted by Gasteiger charge is -2.08. The first kappa shape index (κ1) is 13.5. The number of H-pyrrole nitrogens is 1. The maximum absolute atomic E-state index is 12.1. The van der Waals surface area contributed by atoms with Crippen molar-refractivity contribution in [1.29, 1.82) is 0 Å². The molecule has 2 N–H and O–H groups in total. The molecule has 0 atom stereocenters. The molecule has 0 fully saturated rings. The third-order valence-corrected chi connectivity index (χ3v) is 3.70. The van der Waals surface area contributed by atoms with Gasteiger partial charge in [-0.3, -0.25) is 9.59 Å². The second-order valence-electron chi connectivity index (χ2n) is 4.28. The van der Waals surface area contributed by atoms with E-state index in [0.717, 1.165) is 10.0 Å². The lowest BCUT2D eigenvalue weighted by atomic mass is 10.1. The normalized spacial score (nSPS) is 10.3. The Kier molecular flexibility index (Phi) is 3.85. The molecule has 0 spiro atoms. The fraction of sp³-hybridized carbons (Fsp3) is 0.143. The van der Waals surface area contributed by atoms with Gasteiger partial charge >= 0.3 is 0 Å². The summed E-state index contributed by atoms with van der Waals surface area (Å²) in [5.74, 6) is -0.402. The van der Waals surface area contributed by atoms with Crippen LogP contribution >= 0.6 is 15.9 Å². The predicted octanol–water partition coefficient (Wildman–Crippen LogP) is 3.01. The van der Waals surface area contributed by atoms with Gasteiger partial charge in [0.2, 0.25) is 0 Å². The number of carbonyl (C=O) groups is 1. The van der Waals surface area contributed by atoms with Crippen LogP contribution in [0, 0.1) is 13.8 Å². The summed E-state index contributed by atoms with van der Waals surface area (Å²) in [7, 11) is 0. The Morgan fingerprint density at radius 3 is 2.58 bits per heavy atom. The Morgan fingerprint density at radius 1 is 1.21 bits per heavy atom. The number of aryl methyl sites for hydroxylation is 2. The molecule has 1 heterocycles. The summed E-state index contributed by atoms with van der Waals surface area (Å²) in [6, 6.07) is 7.17. The lowest BCUT2D eigenvalue weighted by molar-refractivity contribution is 0.102. The molecule has 1 aromatic carbocycles. The van der Waals surface area contributed by atoms with Crippen molar-refractivity contribution in [3.63, 3.8) is 0 Å².